The summed E-state index contributed by atoms with van der Waals surface area (Å²) in [7, 11) is 4.28. The highest BCUT2D eigenvalue weighted by Gasteiger charge is 2.40. The van der Waals surface area contributed by atoms with Gasteiger partial charge < -0.3 is 15.5 Å². The van der Waals surface area contributed by atoms with Crippen LogP contribution in [-0.2, 0) is 0 Å². The van der Waals surface area contributed by atoms with Crippen molar-refractivity contribution >= 4 is 0 Å². The molecule has 0 amide bonds. The van der Waals surface area contributed by atoms with Crippen LogP contribution in [0.3, 0.4) is 0 Å². The molecule has 2 rings (SSSR count). The van der Waals surface area contributed by atoms with Crippen LogP contribution in [0, 0.1) is 11.8 Å². The molecule has 2 fully saturated rings. The molecular weight excluding hydrogens is 174 g/mol. The molecular formula is C11H23N3. The molecule has 0 aromatic rings. The van der Waals surface area contributed by atoms with Gasteiger partial charge in [-0.05, 0) is 38.8 Å². The van der Waals surface area contributed by atoms with Gasteiger partial charge in [-0.2, -0.15) is 0 Å². The van der Waals surface area contributed by atoms with Gasteiger partial charge in [-0.1, -0.05) is 0 Å². The fraction of sp³-hybridized carbons (Fsp3) is 1.00. The van der Waals surface area contributed by atoms with Crippen molar-refractivity contribution in [1.29, 1.82) is 0 Å². The zero-order chi connectivity index (χ0) is 10.1. The third-order valence-corrected chi connectivity index (χ3v) is 3.85. The Balaban J connectivity index is 1.78. The Morgan fingerprint density at radius 3 is 2.71 bits per heavy atom. The number of hydrogen-bond donors (Lipinski definition) is 1. The Labute approximate surface area is 87.2 Å². The lowest BCUT2D eigenvalue weighted by molar-refractivity contribution is 0.264. The van der Waals surface area contributed by atoms with Crippen LogP contribution >= 0.6 is 0 Å². The molecule has 0 aromatic carbocycles. The van der Waals surface area contributed by atoms with Crippen LogP contribution in [-0.4, -0.2) is 56.1 Å². The largest absolute Gasteiger partial charge is 0.327 e. The fourth-order valence-corrected chi connectivity index (χ4v) is 2.92. The maximum Gasteiger partial charge on any atom is 0.0109 e. The second-order valence-corrected chi connectivity index (χ2v) is 5.23. The van der Waals surface area contributed by atoms with Gasteiger partial charge in [-0.3, -0.25) is 0 Å². The molecule has 0 bridgehead atoms. The summed E-state index contributed by atoms with van der Waals surface area (Å²) in [5.74, 6) is 1.71. The molecule has 3 nitrogen and oxygen atoms in total. The van der Waals surface area contributed by atoms with Crippen molar-refractivity contribution in [3.63, 3.8) is 0 Å². The van der Waals surface area contributed by atoms with Crippen molar-refractivity contribution in [3.8, 4) is 0 Å². The maximum atomic E-state index is 6.10. The number of fused-ring (bicyclic) bond motifs is 1. The van der Waals surface area contributed by atoms with E-state index in [1.807, 2.05) is 0 Å². The lowest BCUT2D eigenvalue weighted by Gasteiger charge is -2.20. The SMILES string of the molecule is CN(C)CCN1CC2CCC(N)C2C1. The van der Waals surface area contributed by atoms with Crippen molar-refractivity contribution in [2.45, 2.75) is 18.9 Å². The number of rotatable bonds is 3. The van der Waals surface area contributed by atoms with Gasteiger partial charge in [-0.15, -0.1) is 0 Å². The average molecular weight is 197 g/mol. The number of nitrogens with zero attached hydrogens (tertiary/aromatic N) is 2. The van der Waals surface area contributed by atoms with E-state index in [0.717, 1.165) is 11.8 Å². The normalized spacial score (nSPS) is 38.1. The second-order valence-electron chi connectivity index (χ2n) is 5.23. The summed E-state index contributed by atoms with van der Waals surface area (Å²) in [6.07, 6.45) is 2.63. The van der Waals surface area contributed by atoms with Crippen LogP contribution in [0.4, 0.5) is 0 Å². The van der Waals surface area contributed by atoms with Crippen molar-refractivity contribution in [2.75, 3.05) is 40.3 Å². The Morgan fingerprint density at radius 1 is 1.29 bits per heavy atom. The third kappa shape index (κ3) is 2.10. The lowest BCUT2D eigenvalue weighted by Crippen LogP contribution is -2.33. The van der Waals surface area contributed by atoms with Gasteiger partial charge in [0, 0.05) is 32.2 Å². The third-order valence-electron chi connectivity index (χ3n) is 3.85. The first-order chi connectivity index (χ1) is 6.66. The van der Waals surface area contributed by atoms with Crippen LogP contribution in [0.2, 0.25) is 0 Å². The van der Waals surface area contributed by atoms with Crippen LogP contribution < -0.4 is 5.73 Å². The summed E-state index contributed by atoms with van der Waals surface area (Å²) in [4.78, 5) is 4.85. The molecule has 14 heavy (non-hydrogen) atoms. The molecule has 0 spiro atoms. The van der Waals surface area contributed by atoms with Crippen molar-refractivity contribution < 1.29 is 0 Å². The predicted octanol–water partition coefficient (Wildman–Crippen LogP) is 0.217. The minimum absolute atomic E-state index is 0.490. The zero-order valence-corrected chi connectivity index (χ0v) is 9.45. The first-order valence-corrected chi connectivity index (χ1v) is 5.79. The van der Waals surface area contributed by atoms with Crippen molar-refractivity contribution in [2.24, 2.45) is 17.6 Å². The number of likely N-dealkylation sites (tertiary alicyclic amines) is 1. The monoisotopic (exact) mass is 197 g/mol. The summed E-state index contributed by atoms with van der Waals surface area (Å²) < 4.78 is 0. The lowest BCUT2D eigenvalue weighted by atomic mass is 9.98. The van der Waals surface area contributed by atoms with Crippen LogP contribution in [0.15, 0.2) is 0 Å². The molecule has 3 atom stereocenters. The van der Waals surface area contributed by atoms with Gasteiger partial charge in [-0.25, -0.2) is 0 Å². The van der Waals surface area contributed by atoms with E-state index in [0.29, 0.717) is 6.04 Å². The van der Waals surface area contributed by atoms with E-state index in [1.54, 1.807) is 0 Å². The highest BCUT2D eigenvalue weighted by Crippen LogP contribution is 2.36. The first-order valence-electron chi connectivity index (χ1n) is 5.79. The standard InChI is InChI=1S/C11H23N3/c1-13(2)5-6-14-7-9-3-4-11(12)10(9)8-14/h9-11H,3-8,12H2,1-2H3. The Kier molecular flexibility index (Phi) is 3.10. The molecule has 1 aliphatic carbocycles. The smallest absolute Gasteiger partial charge is 0.0109 e. The van der Waals surface area contributed by atoms with Crippen molar-refractivity contribution in [1.82, 2.24) is 9.80 Å². The molecule has 3 unspecified atom stereocenters. The Bertz CT molecular complexity index is 193. The van der Waals surface area contributed by atoms with E-state index in [9.17, 15) is 0 Å². The van der Waals surface area contributed by atoms with Crippen molar-refractivity contribution in [3.05, 3.63) is 0 Å². The van der Waals surface area contributed by atoms with Gasteiger partial charge >= 0.3 is 0 Å². The molecule has 1 aliphatic heterocycles. The molecule has 1 saturated carbocycles. The van der Waals surface area contributed by atoms with Crippen LogP contribution in [0.25, 0.3) is 0 Å². The molecule has 0 aromatic heterocycles. The summed E-state index contributed by atoms with van der Waals surface area (Å²) >= 11 is 0. The first kappa shape index (κ1) is 10.4. The summed E-state index contributed by atoms with van der Waals surface area (Å²) in [6, 6.07) is 0.490. The molecule has 3 heteroatoms. The Morgan fingerprint density at radius 2 is 2.07 bits per heavy atom. The number of hydrogen-bond acceptors (Lipinski definition) is 3. The highest BCUT2D eigenvalue weighted by atomic mass is 15.2. The second kappa shape index (κ2) is 4.17. The minimum Gasteiger partial charge on any atom is -0.327 e. The fourth-order valence-electron chi connectivity index (χ4n) is 2.92. The van der Waals surface area contributed by atoms with Crippen LogP contribution in [0.1, 0.15) is 12.8 Å². The van der Waals surface area contributed by atoms with E-state index >= 15 is 0 Å². The summed E-state index contributed by atoms with van der Waals surface area (Å²) in [6.45, 7) is 4.94. The number of likely N-dealkylation sites (N-methyl/N-ethyl adjacent to an activating group) is 1. The zero-order valence-electron chi connectivity index (χ0n) is 9.45. The topological polar surface area (TPSA) is 32.5 Å². The predicted molar refractivity (Wildman–Crippen MR) is 59.2 cm³/mol. The molecule has 1 heterocycles. The average Bonchev–Trinajstić information content (AvgIpc) is 2.65. The van der Waals surface area contributed by atoms with Gasteiger partial charge in [0.2, 0.25) is 0 Å². The van der Waals surface area contributed by atoms with Gasteiger partial charge in [0.15, 0.2) is 0 Å². The van der Waals surface area contributed by atoms with E-state index in [-0.39, 0.29) is 0 Å². The maximum absolute atomic E-state index is 6.10. The van der Waals surface area contributed by atoms with Crippen LogP contribution in [0.5, 0.6) is 0 Å². The minimum atomic E-state index is 0.490. The van der Waals surface area contributed by atoms with Gasteiger partial charge in [0.25, 0.3) is 0 Å². The van der Waals surface area contributed by atoms with E-state index in [4.69, 9.17) is 5.73 Å². The highest BCUT2D eigenvalue weighted by molar-refractivity contribution is 4.95. The molecule has 1 saturated heterocycles. The molecule has 2 aliphatic rings. The van der Waals surface area contributed by atoms with E-state index < -0.39 is 0 Å². The number of nitrogens with two attached hydrogens (primary N) is 1. The van der Waals surface area contributed by atoms with Gasteiger partial charge in [0.1, 0.15) is 0 Å². The molecule has 82 valence electrons. The summed E-state index contributed by atoms with van der Waals surface area (Å²) in [5, 5.41) is 0. The Hall–Kier alpha value is -0.120. The quantitative estimate of drug-likeness (QED) is 0.702. The molecule has 0 radical (unpaired) electrons. The summed E-state index contributed by atoms with van der Waals surface area (Å²) in [5.41, 5.74) is 6.10. The van der Waals surface area contributed by atoms with Gasteiger partial charge in [0.05, 0.1) is 0 Å². The van der Waals surface area contributed by atoms with E-state index in [1.165, 1.54) is 39.0 Å². The van der Waals surface area contributed by atoms with E-state index in [2.05, 4.69) is 23.9 Å². The molecule has 2 N–H and O–H groups in total.